The van der Waals surface area contributed by atoms with Crippen LogP contribution in [0.3, 0.4) is 0 Å². The second-order valence-electron chi connectivity index (χ2n) is 7.67. The number of nitrogens with zero attached hydrogens (tertiary/aromatic N) is 1. The van der Waals surface area contributed by atoms with E-state index < -0.39 is 0 Å². The molecule has 2 nitrogen and oxygen atoms in total. The molecule has 0 aromatic carbocycles. The van der Waals surface area contributed by atoms with Gasteiger partial charge in [-0.1, -0.05) is 13.8 Å². The van der Waals surface area contributed by atoms with Crippen LogP contribution in [0, 0.1) is 24.2 Å². The maximum Gasteiger partial charge on any atom is 0.0897 e. The van der Waals surface area contributed by atoms with Gasteiger partial charge in [0.1, 0.15) is 0 Å². The van der Waals surface area contributed by atoms with E-state index in [0.717, 1.165) is 17.9 Å². The Morgan fingerprint density at radius 2 is 2.10 bits per heavy atom. The number of hydrogen-bond acceptors (Lipinski definition) is 3. The lowest BCUT2D eigenvalue weighted by atomic mass is 9.66. The minimum Gasteiger partial charge on any atom is -0.314 e. The summed E-state index contributed by atoms with van der Waals surface area (Å²) in [6.07, 6.45) is 8.12. The Bertz CT molecular complexity index is 446. The van der Waals surface area contributed by atoms with Crippen LogP contribution in [0.1, 0.15) is 56.7 Å². The van der Waals surface area contributed by atoms with E-state index in [9.17, 15) is 0 Å². The van der Waals surface area contributed by atoms with Crippen molar-refractivity contribution in [3.05, 3.63) is 16.1 Å². The van der Waals surface area contributed by atoms with Gasteiger partial charge in [-0.05, 0) is 69.2 Å². The summed E-state index contributed by atoms with van der Waals surface area (Å²) in [6.45, 7) is 8.23. The Morgan fingerprint density at radius 3 is 2.75 bits per heavy atom. The molecule has 1 N–H and O–H groups in total. The first-order valence-electron chi connectivity index (χ1n) is 8.16. The minimum absolute atomic E-state index is 0.520. The fraction of sp³-hybridized carbons (Fsp3) is 0.824. The first-order valence-corrected chi connectivity index (χ1v) is 9.04. The van der Waals surface area contributed by atoms with Gasteiger partial charge in [0.05, 0.1) is 10.7 Å². The molecule has 0 bridgehead atoms. The third-order valence-electron chi connectivity index (χ3n) is 5.06. The van der Waals surface area contributed by atoms with Gasteiger partial charge in [-0.3, -0.25) is 0 Å². The molecule has 0 spiro atoms. The van der Waals surface area contributed by atoms with Crippen molar-refractivity contribution in [2.75, 3.05) is 6.54 Å². The molecule has 2 aliphatic rings. The Morgan fingerprint density at radius 1 is 1.30 bits per heavy atom. The van der Waals surface area contributed by atoms with Crippen LogP contribution in [0.5, 0.6) is 0 Å². The SMILES string of the molecule is Cc1nc(CC2CC(C)(C)CCC2CNC2CC2)cs1. The van der Waals surface area contributed by atoms with Gasteiger partial charge in [-0.2, -0.15) is 0 Å². The highest BCUT2D eigenvalue weighted by Gasteiger charge is 2.35. The van der Waals surface area contributed by atoms with Gasteiger partial charge in [0.25, 0.3) is 0 Å². The fourth-order valence-corrected chi connectivity index (χ4v) is 4.30. The quantitative estimate of drug-likeness (QED) is 0.880. The van der Waals surface area contributed by atoms with Crippen LogP contribution in [-0.4, -0.2) is 17.6 Å². The van der Waals surface area contributed by atoms with Gasteiger partial charge in [0.2, 0.25) is 0 Å². The molecule has 20 heavy (non-hydrogen) atoms. The number of thiazole rings is 1. The molecule has 3 rings (SSSR count). The van der Waals surface area contributed by atoms with Crippen molar-refractivity contribution in [1.82, 2.24) is 10.3 Å². The smallest absolute Gasteiger partial charge is 0.0897 e. The van der Waals surface area contributed by atoms with Crippen LogP contribution in [0.15, 0.2) is 5.38 Å². The zero-order valence-corrected chi connectivity index (χ0v) is 13.9. The number of rotatable bonds is 5. The second kappa shape index (κ2) is 5.76. The molecular weight excluding hydrogens is 264 g/mol. The molecule has 0 radical (unpaired) electrons. The van der Waals surface area contributed by atoms with Gasteiger partial charge in [-0.25, -0.2) is 4.98 Å². The zero-order chi connectivity index (χ0) is 14.2. The Labute approximate surface area is 127 Å². The van der Waals surface area contributed by atoms with E-state index in [2.05, 4.69) is 31.5 Å². The molecule has 3 heteroatoms. The normalized spacial score (nSPS) is 29.6. The summed E-state index contributed by atoms with van der Waals surface area (Å²) in [5.41, 5.74) is 1.85. The predicted molar refractivity (Wildman–Crippen MR) is 86.2 cm³/mol. The van der Waals surface area contributed by atoms with Crippen LogP contribution in [0.4, 0.5) is 0 Å². The van der Waals surface area contributed by atoms with E-state index in [1.807, 2.05) is 0 Å². The van der Waals surface area contributed by atoms with E-state index in [4.69, 9.17) is 4.98 Å². The molecule has 2 atom stereocenters. The summed E-state index contributed by atoms with van der Waals surface area (Å²) >= 11 is 1.80. The van der Waals surface area contributed by atoms with Crippen molar-refractivity contribution >= 4 is 11.3 Å². The van der Waals surface area contributed by atoms with Crippen molar-refractivity contribution < 1.29 is 0 Å². The third-order valence-corrected chi connectivity index (χ3v) is 5.88. The summed E-state index contributed by atoms with van der Waals surface area (Å²) in [5, 5.41) is 7.23. The molecule has 2 aliphatic carbocycles. The average molecular weight is 292 g/mol. The van der Waals surface area contributed by atoms with E-state index in [-0.39, 0.29) is 0 Å². The maximum absolute atomic E-state index is 4.69. The molecular formula is C17H28N2S. The van der Waals surface area contributed by atoms with E-state index in [1.165, 1.54) is 55.8 Å². The van der Waals surface area contributed by atoms with Gasteiger partial charge in [0, 0.05) is 11.4 Å². The minimum atomic E-state index is 0.520. The molecule has 1 aromatic heterocycles. The predicted octanol–water partition coefficient (Wildman–Crippen LogP) is 4.19. The number of hydrogen-bond donors (Lipinski definition) is 1. The molecule has 2 saturated carbocycles. The fourth-order valence-electron chi connectivity index (χ4n) is 3.67. The van der Waals surface area contributed by atoms with Crippen LogP contribution >= 0.6 is 11.3 Å². The highest BCUT2D eigenvalue weighted by Crippen LogP contribution is 2.43. The Hall–Kier alpha value is -0.410. The molecule has 2 unspecified atom stereocenters. The van der Waals surface area contributed by atoms with Gasteiger partial charge in [0.15, 0.2) is 0 Å². The van der Waals surface area contributed by atoms with Crippen molar-refractivity contribution in [2.24, 2.45) is 17.3 Å². The summed E-state index contributed by atoms with van der Waals surface area (Å²) in [7, 11) is 0. The highest BCUT2D eigenvalue weighted by molar-refractivity contribution is 7.09. The Balaban J connectivity index is 1.63. The lowest BCUT2D eigenvalue weighted by molar-refractivity contribution is 0.115. The monoisotopic (exact) mass is 292 g/mol. The van der Waals surface area contributed by atoms with Crippen molar-refractivity contribution in [3.8, 4) is 0 Å². The van der Waals surface area contributed by atoms with Gasteiger partial charge < -0.3 is 5.32 Å². The first kappa shape index (κ1) is 14.5. The van der Waals surface area contributed by atoms with Crippen LogP contribution < -0.4 is 5.32 Å². The summed E-state index contributed by atoms with van der Waals surface area (Å²) in [4.78, 5) is 4.69. The summed E-state index contributed by atoms with van der Waals surface area (Å²) < 4.78 is 0. The van der Waals surface area contributed by atoms with Crippen LogP contribution in [-0.2, 0) is 6.42 Å². The Kier molecular flexibility index (Phi) is 4.19. The topological polar surface area (TPSA) is 24.9 Å². The lowest BCUT2D eigenvalue weighted by Crippen LogP contribution is -2.37. The standard InChI is InChI=1S/C17H28N2S/c1-12-19-16(11-20-12)8-14-9-17(2,3)7-6-13(14)10-18-15-4-5-15/h11,13-15,18H,4-10H2,1-3H3. The summed E-state index contributed by atoms with van der Waals surface area (Å²) in [6, 6.07) is 0.840. The molecule has 1 aromatic rings. The molecule has 0 saturated heterocycles. The van der Waals surface area contributed by atoms with Crippen molar-refractivity contribution in [3.63, 3.8) is 0 Å². The van der Waals surface area contributed by atoms with Crippen molar-refractivity contribution in [1.29, 1.82) is 0 Å². The third kappa shape index (κ3) is 3.82. The van der Waals surface area contributed by atoms with E-state index >= 15 is 0 Å². The lowest BCUT2D eigenvalue weighted by Gasteiger charge is -2.41. The van der Waals surface area contributed by atoms with E-state index in [1.54, 1.807) is 11.3 Å². The second-order valence-corrected chi connectivity index (χ2v) is 8.73. The zero-order valence-electron chi connectivity index (χ0n) is 13.1. The largest absolute Gasteiger partial charge is 0.314 e. The highest BCUT2D eigenvalue weighted by atomic mass is 32.1. The van der Waals surface area contributed by atoms with Crippen LogP contribution in [0.25, 0.3) is 0 Å². The molecule has 2 fully saturated rings. The van der Waals surface area contributed by atoms with Crippen molar-refractivity contribution in [2.45, 2.75) is 65.3 Å². The molecule has 112 valence electrons. The van der Waals surface area contributed by atoms with Gasteiger partial charge in [-0.15, -0.1) is 11.3 Å². The number of aromatic nitrogens is 1. The average Bonchev–Trinajstić information content (AvgIpc) is 3.11. The molecule has 0 amide bonds. The molecule has 1 heterocycles. The van der Waals surface area contributed by atoms with Gasteiger partial charge >= 0.3 is 0 Å². The summed E-state index contributed by atoms with van der Waals surface area (Å²) in [5.74, 6) is 1.66. The van der Waals surface area contributed by atoms with E-state index in [0.29, 0.717) is 5.41 Å². The number of aryl methyl sites for hydroxylation is 1. The van der Waals surface area contributed by atoms with Crippen LogP contribution in [0.2, 0.25) is 0 Å². The first-order chi connectivity index (χ1) is 9.52. The number of nitrogens with one attached hydrogen (secondary N) is 1. The maximum atomic E-state index is 4.69. The molecule has 0 aliphatic heterocycles.